The molecule has 2 aromatic carbocycles. The second-order valence-corrected chi connectivity index (χ2v) is 7.24. The van der Waals surface area contributed by atoms with Crippen LogP contribution >= 0.6 is 0 Å². The van der Waals surface area contributed by atoms with E-state index in [1.54, 1.807) is 19.1 Å². The van der Waals surface area contributed by atoms with E-state index in [9.17, 15) is 18.4 Å². The highest BCUT2D eigenvalue weighted by Crippen LogP contribution is 2.25. The number of carbonyl (C=O) groups excluding carboxylic acids is 1. The predicted molar refractivity (Wildman–Crippen MR) is 114 cm³/mol. The SMILES string of the molecule is COC(=O)C(C)Oc1cc(C)ccc1COc1ccc(-n2nnn(CCCF)c2=O)c(F)c1. The minimum absolute atomic E-state index is 0.0433. The molecule has 3 aromatic rings. The van der Waals surface area contributed by atoms with E-state index >= 15 is 0 Å². The smallest absolute Gasteiger partial charge is 0.368 e. The molecule has 0 aliphatic heterocycles. The van der Waals surface area contributed by atoms with Gasteiger partial charge in [0.15, 0.2) is 11.9 Å². The van der Waals surface area contributed by atoms with Gasteiger partial charge in [0.2, 0.25) is 0 Å². The molecule has 3 rings (SSSR count). The predicted octanol–water partition coefficient (Wildman–Crippen LogP) is 2.76. The number of ether oxygens (including phenoxy) is 3. The summed E-state index contributed by atoms with van der Waals surface area (Å²) in [7, 11) is 1.28. The van der Waals surface area contributed by atoms with Gasteiger partial charge in [-0.15, -0.1) is 0 Å². The fourth-order valence-corrected chi connectivity index (χ4v) is 2.98. The van der Waals surface area contributed by atoms with Gasteiger partial charge >= 0.3 is 11.7 Å². The Bertz CT molecular complexity index is 1180. The number of carbonyl (C=O) groups is 1. The molecule has 1 aromatic heterocycles. The monoisotopic (exact) mass is 462 g/mol. The van der Waals surface area contributed by atoms with Gasteiger partial charge in [0.1, 0.15) is 23.8 Å². The number of esters is 1. The molecule has 0 bridgehead atoms. The highest BCUT2D eigenvalue weighted by atomic mass is 19.1. The third-order valence-corrected chi connectivity index (χ3v) is 4.74. The van der Waals surface area contributed by atoms with E-state index in [1.165, 1.54) is 19.2 Å². The number of aromatic nitrogens is 4. The molecule has 0 amide bonds. The maximum atomic E-state index is 14.7. The van der Waals surface area contributed by atoms with Crippen molar-refractivity contribution in [1.29, 1.82) is 0 Å². The largest absolute Gasteiger partial charge is 0.489 e. The standard InChI is InChI=1S/C22H24F2N4O5/c1-14-5-6-16(20(11-14)33-15(2)21(29)31-3)13-32-17-7-8-19(18(24)12-17)28-22(30)27(25-26-28)10-4-9-23/h5-8,11-12,15H,4,9-10,13H2,1-3H3. The van der Waals surface area contributed by atoms with Crippen molar-refractivity contribution in [2.75, 3.05) is 13.8 Å². The number of halogens is 2. The molecule has 9 nitrogen and oxygen atoms in total. The molecule has 1 unspecified atom stereocenters. The van der Waals surface area contributed by atoms with Crippen LogP contribution in [0.25, 0.3) is 5.69 Å². The minimum Gasteiger partial charge on any atom is -0.489 e. The van der Waals surface area contributed by atoms with E-state index in [0.29, 0.717) is 11.3 Å². The first-order valence-electron chi connectivity index (χ1n) is 10.2. The van der Waals surface area contributed by atoms with Gasteiger partial charge in [0, 0.05) is 11.6 Å². The molecule has 0 N–H and O–H groups in total. The van der Waals surface area contributed by atoms with Crippen LogP contribution in [0.2, 0.25) is 0 Å². The first-order chi connectivity index (χ1) is 15.8. The lowest BCUT2D eigenvalue weighted by Gasteiger charge is -2.17. The number of methoxy groups -OCH3 is 1. The summed E-state index contributed by atoms with van der Waals surface area (Å²) in [5, 5.41) is 7.28. The van der Waals surface area contributed by atoms with Crippen LogP contribution in [-0.4, -0.2) is 45.6 Å². The Morgan fingerprint density at radius 3 is 2.67 bits per heavy atom. The molecule has 33 heavy (non-hydrogen) atoms. The van der Waals surface area contributed by atoms with Crippen LogP contribution in [0.3, 0.4) is 0 Å². The van der Waals surface area contributed by atoms with E-state index in [-0.39, 0.29) is 31.0 Å². The molecule has 0 aliphatic rings. The van der Waals surface area contributed by atoms with Crippen LogP contribution in [0.4, 0.5) is 8.78 Å². The van der Waals surface area contributed by atoms with Crippen LogP contribution < -0.4 is 15.2 Å². The number of benzene rings is 2. The molecule has 0 aliphatic carbocycles. The van der Waals surface area contributed by atoms with Gasteiger partial charge in [-0.2, -0.15) is 9.36 Å². The van der Waals surface area contributed by atoms with Crippen molar-refractivity contribution in [2.45, 2.75) is 39.5 Å². The summed E-state index contributed by atoms with van der Waals surface area (Å²) >= 11 is 0. The summed E-state index contributed by atoms with van der Waals surface area (Å²) < 4.78 is 44.9. The van der Waals surface area contributed by atoms with E-state index in [0.717, 1.165) is 21.0 Å². The summed E-state index contributed by atoms with van der Waals surface area (Å²) in [5.41, 5.74) is 0.793. The molecule has 0 spiro atoms. The topological polar surface area (TPSA) is 97.5 Å². The van der Waals surface area contributed by atoms with Gasteiger partial charge in [-0.1, -0.05) is 12.1 Å². The number of alkyl halides is 1. The fourth-order valence-electron chi connectivity index (χ4n) is 2.98. The number of rotatable bonds is 10. The molecule has 1 atom stereocenters. The zero-order valence-electron chi connectivity index (χ0n) is 18.5. The van der Waals surface area contributed by atoms with Crippen molar-refractivity contribution in [2.24, 2.45) is 0 Å². The Morgan fingerprint density at radius 2 is 1.97 bits per heavy atom. The van der Waals surface area contributed by atoms with E-state index in [2.05, 4.69) is 15.2 Å². The van der Waals surface area contributed by atoms with Crippen molar-refractivity contribution in [3.8, 4) is 17.2 Å². The van der Waals surface area contributed by atoms with Crippen LogP contribution in [0.1, 0.15) is 24.5 Å². The number of nitrogens with zero attached hydrogens (tertiary/aromatic N) is 4. The Kier molecular flexibility index (Phi) is 7.75. The van der Waals surface area contributed by atoms with Crippen molar-refractivity contribution in [3.63, 3.8) is 0 Å². The molecule has 0 saturated heterocycles. The molecule has 11 heteroatoms. The van der Waals surface area contributed by atoms with Gasteiger partial charge in [-0.3, -0.25) is 4.39 Å². The van der Waals surface area contributed by atoms with Gasteiger partial charge in [0.05, 0.1) is 20.3 Å². The maximum absolute atomic E-state index is 14.7. The van der Waals surface area contributed by atoms with Gasteiger partial charge < -0.3 is 14.2 Å². The molecular weight excluding hydrogens is 438 g/mol. The van der Waals surface area contributed by atoms with E-state index in [4.69, 9.17) is 9.47 Å². The molecule has 0 fully saturated rings. The second kappa shape index (κ2) is 10.7. The number of hydrogen-bond donors (Lipinski definition) is 0. The average molecular weight is 462 g/mol. The Labute approximate surface area is 188 Å². The van der Waals surface area contributed by atoms with E-state index < -0.39 is 30.3 Å². The Balaban J connectivity index is 1.75. The molecule has 1 heterocycles. The van der Waals surface area contributed by atoms with Crippen molar-refractivity contribution in [3.05, 3.63) is 63.8 Å². The Hall–Kier alpha value is -3.76. The highest BCUT2D eigenvalue weighted by Gasteiger charge is 2.18. The molecule has 0 saturated carbocycles. The second-order valence-electron chi connectivity index (χ2n) is 7.24. The van der Waals surface area contributed by atoms with Crippen LogP contribution in [-0.2, 0) is 22.7 Å². The summed E-state index contributed by atoms with van der Waals surface area (Å²) in [5.74, 6) is -0.604. The zero-order valence-corrected chi connectivity index (χ0v) is 18.5. The lowest BCUT2D eigenvalue weighted by atomic mass is 10.1. The maximum Gasteiger partial charge on any atom is 0.368 e. The number of tetrazole rings is 1. The third kappa shape index (κ3) is 5.73. The number of aryl methyl sites for hydroxylation is 2. The highest BCUT2D eigenvalue weighted by molar-refractivity contribution is 5.74. The number of hydrogen-bond acceptors (Lipinski definition) is 7. The summed E-state index contributed by atoms with van der Waals surface area (Å²) in [6.07, 6.45) is -0.708. The molecule has 0 radical (unpaired) electrons. The minimum atomic E-state index is -0.816. The van der Waals surface area contributed by atoms with Crippen LogP contribution in [0.5, 0.6) is 11.5 Å². The van der Waals surface area contributed by atoms with Crippen LogP contribution in [0.15, 0.2) is 41.2 Å². The summed E-state index contributed by atoms with van der Waals surface area (Å²) in [4.78, 5) is 24.0. The average Bonchev–Trinajstić information content (AvgIpc) is 3.16. The summed E-state index contributed by atoms with van der Waals surface area (Å²) in [6, 6.07) is 9.35. The third-order valence-electron chi connectivity index (χ3n) is 4.74. The molecular formula is C22H24F2N4O5. The quantitative estimate of drug-likeness (QED) is 0.428. The normalized spacial score (nSPS) is 11.8. The summed E-state index contributed by atoms with van der Waals surface area (Å²) in [6.45, 7) is 2.94. The van der Waals surface area contributed by atoms with Gasteiger partial charge in [0.25, 0.3) is 0 Å². The Morgan fingerprint density at radius 1 is 1.18 bits per heavy atom. The lowest BCUT2D eigenvalue weighted by Crippen LogP contribution is -2.25. The van der Waals surface area contributed by atoms with Gasteiger partial charge in [-0.05, 0) is 54.5 Å². The van der Waals surface area contributed by atoms with Crippen LogP contribution in [0, 0.1) is 12.7 Å². The van der Waals surface area contributed by atoms with Crippen molar-refractivity contribution < 1.29 is 27.8 Å². The van der Waals surface area contributed by atoms with Crippen molar-refractivity contribution in [1.82, 2.24) is 19.8 Å². The fraction of sp³-hybridized carbons (Fsp3) is 0.364. The zero-order chi connectivity index (χ0) is 24.0. The lowest BCUT2D eigenvalue weighted by molar-refractivity contribution is -0.147. The van der Waals surface area contributed by atoms with Crippen molar-refractivity contribution >= 4 is 5.97 Å². The molecule has 176 valence electrons. The first-order valence-corrected chi connectivity index (χ1v) is 10.2. The first kappa shape index (κ1) is 23.9. The van der Waals surface area contributed by atoms with Gasteiger partial charge in [-0.25, -0.2) is 14.0 Å². The van der Waals surface area contributed by atoms with E-state index in [1.807, 2.05) is 13.0 Å².